The summed E-state index contributed by atoms with van der Waals surface area (Å²) < 4.78 is 5.24. The molecule has 1 aliphatic heterocycles. The molecule has 3 nitrogen and oxygen atoms in total. The van der Waals surface area contributed by atoms with Crippen molar-refractivity contribution in [2.45, 2.75) is 12.8 Å². The number of unbranched alkanes of at least 4 members (excludes halogenated alkanes) is 1. The lowest BCUT2D eigenvalue weighted by atomic mass is 10.3. The molecule has 0 radical (unpaired) electrons. The predicted octanol–water partition coefficient (Wildman–Crippen LogP) is 1.02. The van der Waals surface area contributed by atoms with E-state index in [1.165, 1.54) is 0 Å². The molecule has 3 heteroatoms. The number of hydrogen-bond donors (Lipinski definition) is 0. The maximum Gasteiger partial charge on any atom is 0.214 e. The van der Waals surface area contributed by atoms with E-state index >= 15 is 0 Å². The Morgan fingerprint density at radius 3 is 2.67 bits per heavy atom. The highest BCUT2D eigenvalue weighted by molar-refractivity contribution is 4.64. The van der Waals surface area contributed by atoms with E-state index in [1.807, 2.05) is 0 Å². The van der Waals surface area contributed by atoms with Crippen LogP contribution in [0.25, 0.3) is 4.85 Å². The first-order chi connectivity index (χ1) is 5.93. The van der Waals surface area contributed by atoms with Crippen LogP contribution < -0.4 is 0 Å². The van der Waals surface area contributed by atoms with Gasteiger partial charge in [-0.3, -0.25) is 4.90 Å². The molecular formula is C9H16N2O. The molecule has 0 aromatic carbocycles. The predicted molar refractivity (Wildman–Crippen MR) is 48.0 cm³/mol. The Balaban J connectivity index is 1.95. The summed E-state index contributed by atoms with van der Waals surface area (Å²) in [6.07, 6.45) is 2.20. The third-order valence-corrected chi connectivity index (χ3v) is 2.10. The Morgan fingerprint density at radius 2 is 2.00 bits per heavy atom. The molecule has 1 rings (SSSR count). The van der Waals surface area contributed by atoms with Gasteiger partial charge in [-0.25, -0.2) is 6.57 Å². The van der Waals surface area contributed by atoms with E-state index in [-0.39, 0.29) is 0 Å². The second-order valence-corrected chi connectivity index (χ2v) is 3.04. The highest BCUT2D eigenvalue weighted by atomic mass is 16.5. The highest BCUT2D eigenvalue weighted by Gasteiger charge is 2.08. The molecule has 68 valence electrons. The molecule has 0 saturated carbocycles. The van der Waals surface area contributed by atoms with Crippen molar-refractivity contribution in [1.82, 2.24) is 4.90 Å². The largest absolute Gasteiger partial charge is 0.379 e. The smallest absolute Gasteiger partial charge is 0.214 e. The van der Waals surface area contributed by atoms with Crippen LogP contribution >= 0.6 is 0 Å². The lowest BCUT2D eigenvalue weighted by Crippen LogP contribution is -2.36. The van der Waals surface area contributed by atoms with Gasteiger partial charge >= 0.3 is 0 Å². The molecular weight excluding hydrogens is 152 g/mol. The molecule has 0 spiro atoms. The molecule has 0 amide bonds. The van der Waals surface area contributed by atoms with Crippen LogP contribution in [0, 0.1) is 6.57 Å². The molecule has 1 fully saturated rings. The quantitative estimate of drug-likeness (QED) is 0.460. The fourth-order valence-electron chi connectivity index (χ4n) is 1.35. The summed E-state index contributed by atoms with van der Waals surface area (Å²) in [6, 6.07) is 0. The third kappa shape index (κ3) is 3.70. The molecule has 0 unspecified atom stereocenters. The van der Waals surface area contributed by atoms with Gasteiger partial charge in [-0.05, 0) is 13.0 Å². The molecule has 0 atom stereocenters. The van der Waals surface area contributed by atoms with Gasteiger partial charge in [0.25, 0.3) is 0 Å². The molecule has 1 aliphatic rings. The SMILES string of the molecule is [C-]#[N+]CCCCN1CCOCC1. The van der Waals surface area contributed by atoms with Crippen molar-refractivity contribution in [3.05, 3.63) is 11.4 Å². The summed E-state index contributed by atoms with van der Waals surface area (Å²) in [6.45, 7) is 12.3. The first-order valence-electron chi connectivity index (χ1n) is 4.57. The molecule has 1 heterocycles. The average molecular weight is 168 g/mol. The van der Waals surface area contributed by atoms with Gasteiger partial charge in [0.05, 0.1) is 13.2 Å². The summed E-state index contributed by atoms with van der Waals surface area (Å²) in [5.74, 6) is 0. The number of nitrogens with zero attached hydrogens (tertiary/aromatic N) is 2. The van der Waals surface area contributed by atoms with E-state index in [0.29, 0.717) is 6.54 Å². The van der Waals surface area contributed by atoms with Crippen LogP contribution in [0.2, 0.25) is 0 Å². The zero-order valence-electron chi connectivity index (χ0n) is 7.46. The van der Waals surface area contributed by atoms with Gasteiger partial charge in [-0.1, -0.05) is 0 Å². The van der Waals surface area contributed by atoms with Crippen molar-refractivity contribution >= 4 is 0 Å². The van der Waals surface area contributed by atoms with Crippen molar-refractivity contribution in [2.24, 2.45) is 0 Å². The maximum absolute atomic E-state index is 6.62. The third-order valence-electron chi connectivity index (χ3n) is 2.10. The lowest BCUT2D eigenvalue weighted by Gasteiger charge is -2.26. The van der Waals surface area contributed by atoms with E-state index in [9.17, 15) is 0 Å². The van der Waals surface area contributed by atoms with Gasteiger partial charge in [0.1, 0.15) is 0 Å². The second-order valence-electron chi connectivity index (χ2n) is 3.04. The molecule has 0 aliphatic carbocycles. The van der Waals surface area contributed by atoms with Crippen LogP contribution in [0.4, 0.5) is 0 Å². The Kier molecular flexibility index (Phi) is 4.74. The number of hydrogen-bond acceptors (Lipinski definition) is 2. The summed E-state index contributed by atoms with van der Waals surface area (Å²) in [5.41, 5.74) is 0. The van der Waals surface area contributed by atoms with Crippen LogP contribution in [0.1, 0.15) is 12.8 Å². The second kappa shape index (κ2) is 5.99. The van der Waals surface area contributed by atoms with E-state index in [1.54, 1.807) is 0 Å². The Hall–Kier alpha value is -0.590. The van der Waals surface area contributed by atoms with Crippen LogP contribution in [0.3, 0.4) is 0 Å². The minimum atomic E-state index is 0.685. The first kappa shape index (κ1) is 9.50. The monoisotopic (exact) mass is 168 g/mol. The Bertz CT molecular complexity index is 147. The number of rotatable bonds is 4. The van der Waals surface area contributed by atoms with E-state index in [2.05, 4.69) is 9.74 Å². The van der Waals surface area contributed by atoms with Gasteiger partial charge in [0.15, 0.2) is 0 Å². The van der Waals surface area contributed by atoms with Crippen LogP contribution in [-0.4, -0.2) is 44.3 Å². The number of ether oxygens (including phenoxy) is 1. The van der Waals surface area contributed by atoms with Crippen molar-refractivity contribution in [1.29, 1.82) is 0 Å². The van der Waals surface area contributed by atoms with Crippen LogP contribution in [0.15, 0.2) is 0 Å². The fraction of sp³-hybridized carbons (Fsp3) is 0.889. The topological polar surface area (TPSA) is 16.8 Å². The zero-order chi connectivity index (χ0) is 8.65. The molecule has 0 N–H and O–H groups in total. The van der Waals surface area contributed by atoms with E-state index < -0.39 is 0 Å². The van der Waals surface area contributed by atoms with E-state index in [0.717, 1.165) is 45.7 Å². The number of morpholine rings is 1. The van der Waals surface area contributed by atoms with Crippen molar-refractivity contribution < 1.29 is 4.74 Å². The Morgan fingerprint density at radius 1 is 1.25 bits per heavy atom. The summed E-state index contributed by atoms with van der Waals surface area (Å²) in [4.78, 5) is 5.74. The van der Waals surface area contributed by atoms with Crippen LogP contribution in [0.5, 0.6) is 0 Å². The fourth-order valence-corrected chi connectivity index (χ4v) is 1.35. The lowest BCUT2D eigenvalue weighted by molar-refractivity contribution is 0.0373. The molecule has 0 aromatic rings. The first-order valence-corrected chi connectivity index (χ1v) is 4.57. The van der Waals surface area contributed by atoms with Gasteiger partial charge in [0, 0.05) is 19.5 Å². The van der Waals surface area contributed by atoms with E-state index in [4.69, 9.17) is 11.3 Å². The molecule has 0 bridgehead atoms. The minimum Gasteiger partial charge on any atom is -0.379 e. The standard InChI is InChI=1S/C9H16N2O/c1-10-4-2-3-5-11-6-8-12-9-7-11/h2-9H2. The zero-order valence-corrected chi connectivity index (χ0v) is 7.46. The van der Waals surface area contributed by atoms with Gasteiger partial charge in [-0.2, -0.15) is 0 Å². The summed E-state index contributed by atoms with van der Waals surface area (Å²) in [7, 11) is 0. The van der Waals surface area contributed by atoms with Crippen molar-refractivity contribution in [3.8, 4) is 0 Å². The van der Waals surface area contributed by atoms with Crippen molar-refractivity contribution in [3.63, 3.8) is 0 Å². The van der Waals surface area contributed by atoms with Gasteiger partial charge < -0.3 is 9.58 Å². The van der Waals surface area contributed by atoms with Gasteiger partial charge in [0.2, 0.25) is 6.54 Å². The molecule has 0 aromatic heterocycles. The molecule has 12 heavy (non-hydrogen) atoms. The highest BCUT2D eigenvalue weighted by Crippen LogP contribution is 1.99. The minimum absolute atomic E-state index is 0.685. The normalized spacial score (nSPS) is 18.9. The van der Waals surface area contributed by atoms with Crippen molar-refractivity contribution in [2.75, 3.05) is 39.4 Å². The van der Waals surface area contributed by atoms with Gasteiger partial charge in [-0.15, -0.1) is 0 Å². The Labute approximate surface area is 74.1 Å². The average Bonchev–Trinajstić information content (AvgIpc) is 2.14. The summed E-state index contributed by atoms with van der Waals surface area (Å²) >= 11 is 0. The molecule has 1 saturated heterocycles. The van der Waals surface area contributed by atoms with Crippen LogP contribution in [-0.2, 0) is 4.74 Å². The summed E-state index contributed by atoms with van der Waals surface area (Å²) in [5, 5.41) is 0. The maximum atomic E-state index is 6.62.